The fourth-order valence-corrected chi connectivity index (χ4v) is 2.58. The van der Waals surface area contributed by atoms with E-state index in [2.05, 4.69) is 65.1 Å². The molecule has 0 aliphatic heterocycles. The number of halogens is 2. The van der Waals surface area contributed by atoms with E-state index in [0.717, 1.165) is 28.2 Å². The second-order valence-electron chi connectivity index (χ2n) is 4.35. The van der Waals surface area contributed by atoms with Gasteiger partial charge in [-0.3, -0.25) is 0 Å². The number of hydrogen-bond donors (Lipinski definition) is 0. The zero-order chi connectivity index (χ0) is 13.1. The molecule has 0 unspecified atom stereocenters. The van der Waals surface area contributed by atoms with Gasteiger partial charge in [0.25, 0.3) is 0 Å². The fourth-order valence-electron chi connectivity index (χ4n) is 1.83. The summed E-state index contributed by atoms with van der Waals surface area (Å²) in [4.78, 5) is 4.46. The van der Waals surface area contributed by atoms with Gasteiger partial charge >= 0.3 is 0 Å². The topological polar surface area (TPSA) is 12.9 Å². The Labute approximate surface area is 121 Å². The van der Waals surface area contributed by atoms with E-state index in [1.54, 1.807) is 0 Å². The standard InChI is InChI=1S/C15H15BrClN/c1-3-11(9-16)7-13-8-12-5-4-10(2)6-14(12)18-15(13)17/h4-8H,3,9H2,1-2H3. The Hall–Kier alpha value is -0.860. The summed E-state index contributed by atoms with van der Waals surface area (Å²) in [5.41, 5.74) is 4.45. The lowest BCUT2D eigenvalue weighted by Crippen LogP contribution is -1.88. The Morgan fingerprint density at radius 3 is 2.83 bits per heavy atom. The zero-order valence-electron chi connectivity index (χ0n) is 10.5. The minimum atomic E-state index is 0.569. The van der Waals surface area contributed by atoms with Crippen LogP contribution in [0.2, 0.25) is 5.15 Å². The van der Waals surface area contributed by atoms with Gasteiger partial charge in [0.05, 0.1) is 5.52 Å². The fraction of sp³-hybridized carbons (Fsp3) is 0.267. The largest absolute Gasteiger partial charge is 0.235 e. The molecule has 1 heterocycles. The van der Waals surface area contributed by atoms with Gasteiger partial charge in [-0.05, 0) is 31.0 Å². The van der Waals surface area contributed by atoms with Gasteiger partial charge < -0.3 is 0 Å². The molecule has 0 atom stereocenters. The number of allylic oxidation sites excluding steroid dienone is 1. The molecule has 0 N–H and O–H groups in total. The normalized spacial score (nSPS) is 12.1. The van der Waals surface area contributed by atoms with Gasteiger partial charge in [-0.2, -0.15) is 0 Å². The van der Waals surface area contributed by atoms with E-state index in [-0.39, 0.29) is 0 Å². The molecular weight excluding hydrogens is 310 g/mol. The summed E-state index contributed by atoms with van der Waals surface area (Å²) < 4.78 is 0. The maximum Gasteiger partial charge on any atom is 0.136 e. The van der Waals surface area contributed by atoms with Crippen LogP contribution in [0, 0.1) is 6.92 Å². The van der Waals surface area contributed by atoms with Crippen molar-refractivity contribution >= 4 is 44.5 Å². The average molecular weight is 325 g/mol. The third-order valence-corrected chi connectivity index (χ3v) is 3.96. The van der Waals surface area contributed by atoms with Crippen molar-refractivity contribution in [2.75, 3.05) is 5.33 Å². The van der Waals surface area contributed by atoms with Crippen LogP contribution in [0.1, 0.15) is 24.5 Å². The van der Waals surface area contributed by atoms with Gasteiger partial charge in [0, 0.05) is 16.3 Å². The number of aryl methyl sites for hydroxylation is 1. The molecular formula is C15H15BrClN. The lowest BCUT2D eigenvalue weighted by atomic mass is 10.1. The molecule has 0 saturated heterocycles. The van der Waals surface area contributed by atoms with E-state index >= 15 is 0 Å². The first-order chi connectivity index (χ1) is 8.63. The van der Waals surface area contributed by atoms with Crippen molar-refractivity contribution in [3.05, 3.63) is 46.1 Å². The van der Waals surface area contributed by atoms with Crippen LogP contribution in [-0.2, 0) is 0 Å². The molecule has 1 nitrogen and oxygen atoms in total. The number of pyridine rings is 1. The van der Waals surface area contributed by atoms with Crippen LogP contribution in [0.3, 0.4) is 0 Å². The molecule has 0 aliphatic rings. The quantitative estimate of drug-likeness (QED) is 0.545. The summed E-state index contributed by atoms with van der Waals surface area (Å²) in [7, 11) is 0. The smallest absolute Gasteiger partial charge is 0.136 e. The molecule has 0 aliphatic carbocycles. The van der Waals surface area contributed by atoms with Crippen molar-refractivity contribution in [1.82, 2.24) is 4.98 Å². The summed E-state index contributed by atoms with van der Waals surface area (Å²) >= 11 is 9.73. The summed E-state index contributed by atoms with van der Waals surface area (Å²) in [6, 6.07) is 8.34. The number of alkyl halides is 1. The van der Waals surface area contributed by atoms with Crippen molar-refractivity contribution in [3.8, 4) is 0 Å². The van der Waals surface area contributed by atoms with Crippen molar-refractivity contribution in [2.24, 2.45) is 0 Å². The van der Waals surface area contributed by atoms with E-state index in [1.165, 1.54) is 11.1 Å². The SMILES string of the molecule is CCC(=Cc1cc2ccc(C)cc2nc1Cl)CBr. The van der Waals surface area contributed by atoms with Gasteiger partial charge in [-0.25, -0.2) is 4.98 Å². The molecule has 0 fully saturated rings. The first kappa shape index (κ1) is 13.6. The maximum atomic E-state index is 6.24. The van der Waals surface area contributed by atoms with Crippen LogP contribution >= 0.6 is 27.5 Å². The van der Waals surface area contributed by atoms with Gasteiger partial charge in [0.15, 0.2) is 0 Å². The molecule has 1 aromatic heterocycles. The first-order valence-corrected chi connectivity index (χ1v) is 7.46. The number of fused-ring (bicyclic) bond motifs is 1. The highest BCUT2D eigenvalue weighted by Crippen LogP contribution is 2.24. The van der Waals surface area contributed by atoms with Crippen molar-refractivity contribution in [1.29, 1.82) is 0 Å². The van der Waals surface area contributed by atoms with E-state index in [4.69, 9.17) is 11.6 Å². The molecule has 0 radical (unpaired) electrons. The predicted octanol–water partition coefficient (Wildman–Crippen LogP) is 5.38. The third kappa shape index (κ3) is 2.93. The van der Waals surface area contributed by atoms with E-state index in [9.17, 15) is 0 Å². The minimum absolute atomic E-state index is 0.569. The first-order valence-electron chi connectivity index (χ1n) is 5.96. The molecule has 2 rings (SSSR count). The lowest BCUT2D eigenvalue weighted by molar-refractivity contribution is 1.12. The lowest BCUT2D eigenvalue weighted by Gasteiger charge is -2.05. The van der Waals surface area contributed by atoms with Gasteiger partial charge in [-0.15, -0.1) is 0 Å². The van der Waals surface area contributed by atoms with Crippen LogP contribution in [0.5, 0.6) is 0 Å². The third-order valence-electron chi connectivity index (χ3n) is 2.94. The van der Waals surface area contributed by atoms with E-state index in [0.29, 0.717) is 5.15 Å². The molecule has 1 aromatic carbocycles. The molecule has 0 saturated carbocycles. The van der Waals surface area contributed by atoms with E-state index < -0.39 is 0 Å². The van der Waals surface area contributed by atoms with Crippen molar-refractivity contribution in [3.63, 3.8) is 0 Å². The molecule has 94 valence electrons. The average Bonchev–Trinajstić information content (AvgIpc) is 2.36. The summed E-state index contributed by atoms with van der Waals surface area (Å²) in [5, 5.41) is 2.56. The highest BCUT2D eigenvalue weighted by molar-refractivity contribution is 9.09. The summed E-state index contributed by atoms with van der Waals surface area (Å²) in [5.74, 6) is 0. The second-order valence-corrected chi connectivity index (χ2v) is 5.27. The molecule has 0 spiro atoms. The second kappa shape index (κ2) is 5.85. The number of nitrogens with zero attached hydrogens (tertiary/aromatic N) is 1. The Morgan fingerprint density at radius 2 is 2.17 bits per heavy atom. The van der Waals surface area contributed by atoms with Crippen LogP contribution < -0.4 is 0 Å². The van der Waals surface area contributed by atoms with Crippen molar-refractivity contribution in [2.45, 2.75) is 20.3 Å². The Bertz CT molecular complexity index is 599. The van der Waals surface area contributed by atoms with Gasteiger partial charge in [0.1, 0.15) is 5.15 Å². The van der Waals surface area contributed by atoms with Crippen LogP contribution in [0.4, 0.5) is 0 Å². The van der Waals surface area contributed by atoms with Crippen LogP contribution in [0.15, 0.2) is 29.8 Å². The maximum absolute atomic E-state index is 6.24. The molecule has 0 amide bonds. The molecule has 2 aromatic rings. The minimum Gasteiger partial charge on any atom is -0.235 e. The van der Waals surface area contributed by atoms with Gasteiger partial charge in [-0.1, -0.05) is 58.2 Å². The number of benzene rings is 1. The van der Waals surface area contributed by atoms with Gasteiger partial charge in [0.2, 0.25) is 0 Å². The number of hydrogen-bond acceptors (Lipinski definition) is 1. The Balaban J connectivity index is 2.56. The van der Waals surface area contributed by atoms with Crippen LogP contribution in [-0.4, -0.2) is 10.3 Å². The summed E-state index contributed by atoms with van der Waals surface area (Å²) in [6.07, 6.45) is 3.12. The highest BCUT2D eigenvalue weighted by atomic mass is 79.9. The van der Waals surface area contributed by atoms with E-state index in [1.807, 2.05) is 0 Å². The Morgan fingerprint density at radius 1 is 1.39 bits per heavy atom. The number of aromatic nitrogens is 1. The number of rotatable bonds is 3. The summed E-state index contributed by atoms with van der Waals surface area (Å²) in [6.45, 7) is 4.20. The molecule has 0 bridgehead atoms. The molecule has 3 heteroatoms. The van der Waals surface area contributed by atoms with Crippen molar-refractivity contribution < 1.29 is 0 Å². The molecule has 18 heavy (non-hydrogen) atoms. The van der Waals surface area contributed by atoms with Crippen LogP contribution in [0.25, 0.3) is 17.0 Å². The predicted molar refractivity (Wildman–Crippen MR) is 83.6 cm³/mol. The monoisotopic (exact) mass is 323 g/mol. The zero-order valence-corrected chi connectivity index (χ0v) is 12.8. The Kier molecular flexibility index (Phi) is 4.41. The highest BCUT2D eigenvalue weighted by Gasteiger charge is 2.04.